The topological polar surface area (TPSA) is 67.8 Å². The Morgan fingerprint density at radius 1 is 1.10 bits per heavy atom. The molecule has 5 nitrogen and oxygen atoms in total. The maximum Gasteiger partial charge on any atom is 0.335 e. The molecule has 0 saturated carbocycles. The van der Waals surface area contributed by atoms with Gasteiger partial charge in [0.1, 0.15) is 11.5 Å². The van der Waals surface area contributed by atoms with Crippen molar-refractivity contribution < 1.29 is 19.4 Å². The molecule has 5 rings (SSSR count). The van der Waals surface area contributed by atoms with Gasteiger partial charge < -0.3 is 19.9 Å². The molecule has 0 aromatic heterocycles. The van der Waals surface area contributed by atoms with Crippen molar-refractivity contribution >= 4 is 11.7 Å². The van der Waals surface area contributed by atoms with Crippen LogP contribution in [0.3, 0.4) is 0 Å². The van der Waals surface area contributed by atoms with Crippen LogP contribution in [0, 0.1) is 5.92 Å². The fourth-order valence-electron chi connectivity index (χ4n) is 4.96. The van der Waals surface area contributed by atoms with Crippen LogP contribution in [0.1, 0.15) is 41.4 Å². The van der Waals surface area contributed by atoms with Gasteiger partial charge in [0, 0.05) is 17.0 Å². The molecule has 0 aliphatic carbocycles. The van der Waals surface area contributed by atoms with E-state index in [-0.39, 0.29) is 17.4 Å². The molecule has 0 fully saturated rings. The molecule has 0 amide bonds. The molecule has 2 atom stereocenters. The van der Waals surface area contributed by atoms with Gasteiger partial charge in [-0.25, -0.2) is 4.79 Å². The van der Waals surface area contributed by atoms with E-state index in [4.69, 9.17) is 14.6 Å². The number of rotatable bonds is 3. The molecule has 5 heteroatoms. The lowest BCUT2D eigenvalue weighted by Crippen LogP contribution is -2.46. The zero-order chi connectivity index (χ0) is 21.8. The highest BCUT2D eigenvalue weighted by atomic mass is 16.5. The first kappa shape index (κ1) is 19.5. The number of anilines is 1. The first-order valence-corrected chi connectivity index (χ1v) is 10.4. The number of carbonyl (C=O) groups is 1. The lowest BCUT2D eigenvalue weighted by Gasteiger charge is -2.48. The van der Waals surface area contributed by atoms with Gasteiger partial charge in [0.15, 0.2) is 0 Å². The molecule has 0 saturated heterocycles. The van der Waals surface area contributed by atoms with Gasteiger partial charge in [-0.2, -0.15) is 0 Å². The van der Waals surface area contributed by atoms with E-state index in [1.54, 1.807) is 19.2 Å². The summed E-state index contributed by atoms with van der Waals surface area (Å²) in [5.41, 5.74) is 5.63. The summed E-state index contributed by atoms with van der Waals surface area (Å²) in [6.45, 7) is 5.17. The second kappa shape index (κ2) is 7.05. The average Bonchev–Trinajstić information content (AvgIpc) is 2.78. The van der Waals surface area contributed by atoms with Crippen molar-refractivity contribution in [2.45, 2.75) is 25.3 Å². The number of ether oxygens (including phenoxy) is 2. The van der Waals surface area contributed by atoms with E-state index in [2.05, 4.69) is 37.4 Å². The van der Waals surface area contributed by atoms with Crippen molar-refractivity contribution in [2.75, 3.05) is 19.0 Å². The van der Waals surface area contributed by atoms with Crippen molar-refractivity contribution in [1.82, 2.24) is 0 Å². The van der Waals surface area contributed by atoms with Crippen LogP contribution >= 0.6 is 0 Å². The smallest absolute Gasteiger partial charge is 0.335 e. The van der Waals surface area contributed by atoms with E-state index >= 15 is 0 Å². The highest BCUT2D eigenvalue weighted by Gasteiger charge is 2.47. The molecule has 158 valence electrons. The third-order valence-corrected chi connectivity index (χ3v) is 6.79. The Balaban J connectivity index is 1.57. The van der Waals surface area contributed by atoms with E-state index in [9.17, 15) is 4.79 Å². The second-order valence-electron chi connectivity index (χ2n) is 8.78. The minimum Gasteiger partial charge on any atom is -0.496 e. The van der Waals surface area contributed by atoms with Gasteiger partial charge >= 0.3 is 5.97 Å². The highest BCUT2D eigenvalue weighted by Crippen LogP contribution is 2.54. The number of hydrogen-bond donors (Lipinski definition) is 2. The number of hydrogen-bond acceptors (Lipinski definition) is 4. The fourth-order valence-corrected chi connectivity index (χ4v) is 4.96. The molecular formula is C26H25NO4. The molecule has 2 heterocycles. The summed E-state index contributed by atoms with van der Waals surface area (Å²) >= 11 is 0. The summed E-state index contributed by atoms with van der Waals surface area (Å²) in [7, 11) is 1.70. The first-order valence-electron chi connectivity index (χ1n) is 10.4. The van der Waals surface area contributed by atoms with Crippen molar-refractivity contribution in [2.24, 2.45) is 5.92 Å². The number of carboxylic acid groups (broad SMARTS) is 1. The minimum atomic E-state index is -0.915. The van der Waals surface area contributed by atoms with Gasteiger partial charge in [0.2, 0.25) is 0 Å². The molecule has 31 heavy (non-hydrogen) atoms. The zero-order valence-electron chi connectivity index (χ0n) is 17.8. The summed E-state index contributed by atoms with van der Waals surface area (Å²) in [5, 5.41) is 12.9. The maximum absolute atomic E-state index is 11.2. The third kappa shape index (κ3) is 3.03. The number of fused-ring (bicyclic) bond motifs is 4. The highest BCUT2D eigenvalue weighted by molar-refractivity contribution is 5.88. The van der Waals surface area contributed by atoms with Gasteiger partial charge in [-0.05, 0) is 53.1 Å². The molecule has 3 aromatic rings. The Morgan fingerprint density at radius 3 is 2.55 bits per heavy atom. The Bertz CT molecular complexity index is 1150. The van der Waals surface area contributed by atoms with E-state index in [0.717, 1.165) is 33.9 Å². The molecule has 2 aliphatic rings. The van der Waals surface area contributed by atoms with E-state index in [0.29, 0.717) is 12.2 Å². The monoisotopic (exact) mass is 415 g/mol. The van der Waals surface area contributed by atoms with Crippen LogP contribution in [0.5, 0.6) is 11.5 Å². The van der Waals surface area contributed by atoms with Crippen molar-refractivity contribution in [1.29, 1.82) is 0 Å². The fraction of sp³-hybridized carbons (Fsp3) is 0.269. The molecule has 0 unspecified atom stereocenters. The number of aromatic carboxylic acids is 1. The molecule has 0 spiro atoms. The predicted octanol–water partition coefficient (Wildman–Crippen LogP) is 5.51. The van der Waals surface area contributed by atoms with Gasteiger partial charge in [0.25, 0.3) is 0 Å². The van der Waals surface area contributed by atoms with E-state index < -0.39 is 5.97 Å². The van der Waals surface area contributed by atoms with Crippen LogP contribution < -0.4 is 14.8 Å². The van der Waals surface area contributed by atoms with Crippen LogP contribution in [-0.4, -0.2) is 24.8 Å². The van der Waals surface area contributed by atoms with Gasteiger partial charge in [-0.3, -0.25) is 0 Å². The molecule has 0 radical (unpaired) electrons. The average molecular weight is 415 g/mol. The first-order chi connectivity index (χ1) is 14.9. The van der Waals surface area contributed by atoms with Crippen molar-refractivity contribution in [3.8, 4) is 22.6 Å². The van der Waals surface area contributed by atoms with E-state index in [1.807, 2.05) is 30.3 Å². The quantitative estimate of drug-likeness (QED) is 0.590. The van der Waals surface area contributed by atoms with Crippen LogP contribution in [0.25, 0.3) is 11.1 Å². The zero-order valence-corrected chi connectivity index (χ0v) is 17.8. The summed E-state index contributed by atoms with van der Waals surface area (Å²) in [5.74, 6) is 1.03. The molecular weight excluding hydrogens is 390 g/mol. The number of methoxy groups -OCH3 is 1. The Labute approximate surface area is 181 Å². The van der Waals surface area contributed by atoms with Crippen LogP contribution in [0.15, 0.2) is 60.7 Å². The van der Waals surface area contributed by atoms with Crippen LogP contribution in [-0.2, 0) is 5.41 Å². The molecule has 0 bridgehead atoms. The number of nitrogens with one attached hydrogen (secondary N) is 1. The molecule has 3 aromatic carbocycles. The number of benzene rings is 3. The van der Waals surface area contributed by atoms with Crippen LogP contribution in [0.4, 0.5) is 5.69 Å². The molecule has 2 aliphatic heterocycles. The van der Waals surface area contributed by atoms with E-state index in [1.165, 1.54) is 5.56 Å². The Kier molecular flexibility index (Phi) is 4.43. The Morgan fingerprint density at radius 2 is 1.84 bits per heavy atom. The third-order valence-electron chi connectivity index (χ3n) is 6.79. The Hall–Kier alpha value is -3.47. The summed E-state index contributed by atoms with van der Waals surface area (Å²) < 4.78 is 11.8. The largest absolute Gasteiger partial charge is 0.496 e. The molecule has 2 N–H and O–H groups in total. The lowest BCUT2D eigenvalue weighted by atomic mass is 9.65. The normalized spacial score (nSPS) is 20.4. The second-order valence-corrected chi connectivity index (χ2v) is 8.78. The summed E-state index contributed by atoms with van der Waals surface area (Å²) in [6.07, 6.45) is 0. The summed E-state index contributed by atoms with van der Waals surface area (Å²) in [6, 6.07) is 19.5. The predicted molar refractivity (Wildman–Crippen MR) is 120 cm³/mol. The van der Waals surface area contributed by atoms with Gasteiger partial charge in [0.05, 0.1) is 30.9 Å². The van der Waals surface area contributed by atoms with Gasteiger partial charge in [-0.15, -0.1) is 0 Å². The summed E-state index contributed by atoms with van der Waals surface area (Å²) in [4.78, 5) is 11.2. The lowest BCUT2D eigenvalue weighted by molar-refractivity contribution is 0.0697. The SMILES string of the molecule is COc1cccc2c1[C@H]1Nc3ccc(-c4ccc(C(=O)O)cc4)cc3C(C)(C)[C@H]1CO2. The van der Waals surface area contributed by atoms with Gasteiger partial charge in [-0.1, -0.05) is 38.1 Å². The van der Waals surface area contributed by atoms with Crippen LogP contribution in [0.2, 0.25) is 0 Å². The number of carboxylic acids is 1. The standard InChI is InChI=1S/C26H25NO4/c1-26(2)18-13-17(15-7-9-16(10-8-15)25(28)29)11-12-20(18)27-24-19(26)14-31-22-6-4-5-21(30-3)23(22)24/h4-13,19,24,27H,14H2,1-3H3,(H,28,29)/t19-,24-/m0/s1. The maximum atomic E-state index is 11.2. The van der Waals surface area contributed by atoms with Crippen molar-refractivity contribution in [3.05, 3.63) is 77.4 Å². The minimum absolute atomic E-state index is 0.100. The van der Waals surface area contributed by atoms with Crippen molar-refractivity contribution in [3.63, 3.8) is 0 Å².